The minimum absolute atomic E-state index is 0.0241. The van der Waals surface area contributed by atoms with Crippen LogP contribution in [0, 0.1) is 17.8 Å². The second kappa shape index (κ2) is 16.6. The molecule has 4 fully saturated rings. The summed E-state index contributed by atoms with van der Waals surface area (Å²) in [6.45, 7) is 10.5. The zero-order valence-corrected chi connectivity index (χ0v) is 36.5. The number of benzene rings is 1. The number of nitrogens with one attached hydrogen (secondary N) is 3. The van der Waals surface area contributed by atoms with Crippen molar-refractivity contribution in [1.82, 2.24) is 25.2 Å². The molecule has 0 radical (unpaired) electrons. The van der Waals surface area contributed by atoms with Crippen LogP contribution >= 0.6 is 0 Å². The number of anilines is 1. The summed E-state index contributed by atoms with van der Waals surface area (Å²) in [6, 6.07) is 5.05. The summed E-state index contributed by atoms with van der Waals surface area (Å²) in [5, 5.41) is 7.03. The van der Waals surface area contributed by atoms with E-state index in [1.807, 2.05) is 43.3 Å². The maximum absolute atomic E-state index is 14.9. The number of alkyl halides is 2. The highest BCUT2D eigenvalue weighted by Crippen LogP contribution is 2.48. The van der Waals surface area contributed by atoms with Gasteiger partial charge in [-0.3, -0.25) is 19.1 Å². The Balaban J connectivity index is 1.22. The lowest BCUT2D eigenvalue weighted by atomic mass is 9.88. The van der Waals surface area contributed by atoms with Gasteiger partial charge in [0.25, 0.3) is 11.8 Å². The Morgan fingerprint density at radius 2 is 1.74 bits per heavy atom. The predicted molar refractivity (Wildman–Crippen MR) is 222 cm³/mol. The van der Waals surface area contributed by atoms with Crippen molar-refractivity contribution in [1.29, 1.82) is 0 Å². The Hall–Kier alpha value is -4.58. The Labute approximate surface area is 355 Å². The maximum atomic E-state index is 14.9. The largest absolute Gasteiger partial charge is 0.472 e. The number of pyridine rings is 1. The van der Waals surface area contributed by atoms with Crippen LogP contribution in [-0.2, 0) is 33.9 Å². The summed E-state index contributed by atoms with van der Waals surface area (Å²) < 4.78 is 73.9. The van der Waals surface area contributed by atoms with E-state index in [4.69, 9.17) is 19.2 Å². The van der Waals surface area contributed by atoms with Gasteiger partial charge in [0.2, 0.25) is 27.7 Å². The van der Waals surface area contributed by atoms with Gasteiger partial charge >= 0.3 is 6.09 Å². The summed E-state index contributed by atoms with van der Waals surface area (Å²) in [7, 11) is -4.06. The number of hydrogen-bond donors (Lipinski definition) is 3. The highest BCUT2D eigenvalue weighted by Gasteiger charge is 2.63. The second-order valence-corrected chi connectivity index (χ2v) is 20.7. The minimum atomic E-state index is -4.06. The molecule has 5 aliphatic rings. The molecule has 2 saturated heterocycles. The molecular weight excluding hydrogens is 815 g/mol. The third kappa shape index (κ3) is 9.16. The monoisotopic (exact) mass is 872 g/mol. The average Bonchev–Trinajstić information content (AvgIpc) is 4.08. The molecule has 3 aliphatic heterocycles. The number of nitrogens with zero attached hydrogens (tertiary/aromatic N) is 3. The number of rotatable bonds is 9. The number of halogens is 2. The van der Waals surface area contributed by atoms with Crippen molar-refractivity contribution >= 4 is 50.3 Å². The smallest absolute Gasteiger partial charge is 0.408 e. The molecule has 2 aliphatic carbocycles. The molecule has 0 bridgehead atoms. The number of sulfonamides is 1. The zero-order chi connectivity index (χ0) is 44.1. The molecule has 7 rings (SSSR count). The molecule has 7 atom stereocenters. The van der Waals surface area contributed by atoms with Gasteiger partial charge < -0.3 is 34.6 Å². The average molecular weight is 873 g/mol. The number of hydrogen-bond acceptors (Lipinski definition) is 11. The van der Waals surface area contributed by atoms with Crippen LogP contribution in [0.25, 0.3) is 10.8 Å². The molecule has 1 aromatic carbocycles. The molecule has 61 heavy (non-hydrogen) atoms. The molecule has 2 aromatic rings. The first-order valence-electron chi connectivity index (χ1n) is 21.2. The first kappa shape index (κ1) is 44.5. The van der Waals surface area contributed by atoms with Crippen molar-refractivity contribution in [2.45, 2.75) is 126 Å². The van der Waals surface area contributed by atoms with E-state index >= 15 is 0 Å². The standard InChI is InChI=1S/C43H58F2N6O9S/c1-26-11-7-8-12-28-23-43(28,38(54)49-61(56,57)41(5)15-16-41)48-35(52)32-22-29(59-36-31-14-10-9-13-30(31)33(24-46-36)50-17-19-58-20-18-50)25-51(32)37(53)34(27(2)21-26)47-39(55)60-40(3,4)42(6,44)45/h8-10,12-14,24,26-29,32,34H,7,11,15-23,25H2,1-6H3,(H,47,55)(H,48,52)(H,49,54). The number of alkyl carbamates (subject to hydrolysis) is 1. The van der Waals surface area contributed by atoms with E-state index in [1.165, 1.54) is 4.90 Å². The van der Waals surface area contributed by atoms with Crippen LogP contribution in [0.2, 0.25) is 0 Å². The van der Waals surface area contributed by atoms with E-state index in [2.05, 4.69) is 20.3 Å². The van der Waals surface area contributed by atoms with Crippen molar-refractivity contribution in [2.75, 3.05) is 37.7 Å². The normalized spacial score (nSPS) is 29.6. The van der Waals surface area contributed by atoms with Gasteiger partial charge in [-0.25, -0.2) is 27.0 Å². The molecule has 1 aromatic heterocycles. The van der Waals surface area contributed by atoms with E-state index in [1.54, 1.807) is 20.0 Å². The van der Waals surface area contributed by atoms with E-state index in [0.717, 1.165) is 24.9 Å². The minimum Gasteiger partial charge on any atom is -0.472 e. The van der Waals surface area contributed by atoms with E-state index in [9.17, 15) is 36.4 Å². The summed E-state index contributed by atoms with van der Waals surface area (Å²) in [4.78, 5) is 65.1. The first-order chi connectivity index (χ1) is 28.6. The summed E-state index contributed by atoms with van der Waals surface area (Å²) >= 11 is 0. The molecule has 4 heterocycles. The fourth-order valence-corrected chi connectivity index (χ4v) is 9.85. The van der Waals surface area contributed by atoms with Crippen molar-refractivity contribution in [3.63, 3.8) is 0 Å². The highest BCUT2D eigenvalue weighted by atomic mass is 32.2. The summed E-state index contributed by atoms with van der Waals surface area (Å²) in [5.41, 5.74) is -2.92. The van der Waals surface area contributed by atoms with Gasteiger partial charge in [0.05, 0.1) is 36.4 Å². The van der Waals surface area contributed by atoms with Gasteiger partial charge in [0.15, 0.2) is 5.60 Å². The second-order valence-electron chi connectivity index (χ2n) is 18.5. The lowest BCUT2D eigenvalue weighted by molar-refractivity contribution is -0.152. The number of morpholine rings is 1. The van der Waals surface area contributed by atoms with Crippen LogP contribution in [-0.4, -0.2) is 115 Å². The number of aromatic nitrogens is 1. The van der Waals surface area contributed by atoms with E-state index < -0.39 is 85.7 Å². The maximum Gasteiger partial charge on any atom is 0.408 e. The third-order valence-electron chi connectivity index (χ3n) is 13.3. The van der Waals surface area contributed by atoms with Crippen molar-refractivity contribution in [3.05, 3.63) is 42.6 Å². The Morgan fingerprint density at radius 1 is 1.05 bits per heavy atom. The van der Waals surface area contributed by atoms with E-state index in [-0.39, 0.29) is 31.2 Å². The van der Waals surface area contributed by atoms with E-state index in [0.29, 0.717) is 70.7 Å². The lowest BCUT2D eigenvalue weighted by Gasteiger charge is -2.35. The van der Waals surface area contributed by atoms with Gasteiger partial charge in [0.1, 0.15) is 23.7 Å². The molecule has 334 valence electrons. The molecule has 7 unspecified atom stereocenters. The summed E-state index contributed by atoms with van der Waals surface area (Å²) in [6.07, 6.45) is 6.01. The highest BCUT2D eigenvalue weighted by molar-refractivity contribution is 7.91. The van der Waals surface area contributed by atoms with Gasteiger partial charge in [0, 0.05) is 43.1 Å². The van der Waals surface area contributed by atoms with Crippen LogP contribution < -0.4 is 25.0 Å². The van der Waals surface area contributed by atoms with Crippen LogP contribution in [0.1, 0.15) is 86.5 Å². The molecular formula is C43H58F2N6O9S. The van der Waals surface area contributed by atoms with Crippen LogP contribution in [0.5, 0.6) is 5.88 Å². The topological polar surface area (TPSA) is 186 Å². The quantitative estimate of drug-likeness (QED) is 0.293. The number of ether oxygens (including phenoxy) is 3. The molecule has 18 heteroatoms. The molecule has 4 amide bonds. The number of amides is 4. The molecule has 3 N–H and O–H groups in total. The third-order valence-corrected chi connectivity index (χ3v) is 15.5. The molecule has 0 spiro atoms. The fraction of sp³-hybridized carbons (Fsp3) is 0.651. The van der Waals surface area contributed by atoms with Gasteiger partial charge in [-0.1, -0.05) is 44.2 Å². The van der Waals surface area contributed by atoms with Crippen molar-refractivity contribution in [2.24, 2.45) is 17.8 Å². The predicted octanol–water partition coefficient (Wildman–Crippen LogP) is 4.83. The Bertz CT molecular complexity index is 2170. The van der Waals surface area contributed by atoms with Crippen molar-refractivity contribution < 1.29 is 50.6 Å². The van der Waals surface area contributed by atoms with Crippen LogP contribution in [0.15, 0.2) is 42.6 Å². The number of carbonyl (C=O) groups excluding carboxylic acids is 4. The Morgan fingerprint density at radius 3 is 2.41 bits per heavy atom. The van der Waals surface area contributed by atoms with Crippen LogP contribution in [0.4, 0.5) is 19.3 Å². The van der Waals surface area contributed by atoms with Gasteiger partial charge in [-0.05, 0) is 77.2 Å². The van der Waals surface area contributed by atoms with Gasteiger partial charge in [-0.15, -0.1) is 0 Å². The number of fused-ring (bicyclic) bond motifs is 3. The lowest BCUT2D eigenvalue weighted by Crippen LogP contribution is -2.59. The van der Waals surface area contributed by atoms with Crippen molar-refractivity contribution in [3.8, 4) is 5.88 Å². The molecule has 15 nitrogen and oxygen atoms in total. The molecule has 2 saturated carbocycles. The Kier molecular flexibility index (Phi) is 12.1. The zero-order valence-electron chi connectivity index (χ0n) is 35.7. The SMILES string of the molecule is CC1CCC=CC2CC2(C(=O)NS(=O)(=O)C2(C)CC2)NC(=O)C2CC(Oc3ncc(N4CCOCC4)c4ccccc34)CN2C(=O)C(NC(=O)OC(C)(C)C(C)(F)F)C(C)C1. The summed E-state index contributed by atoms with van der Waals surface area (Å²) in [5.74, 6) is -6.42. The fourth-order valence-electron chi connectivity index (χ4n) is 8.53. The van der Waals surface area contributed by atoms with Crippen LogP contribution in [0.3, 0.4) is 0 Å². The number of allylic oxidation sites excluding steroid dienone is 1. The first-order valence-corrected chi connectivity index (χ1v) is 22.7. The number of carbonyl (C=O) groups is 4. The van der Waals surface area contributed by atoms with Gasteiger partial charge in [-0.2, -0.15) is 0 Å².